The van der Waals surface area contributed by atoms with E-state index in [4.69, 9.17) is 11.6 Å². The molecule has 3 aromatic rings. The zero-order chi connectivity index (χ0) is 25.2. The monoisotopic (exact) mass is 508 g/mol. The number of halogens is 1. The number of thioether (sulfide) groups is 1. The number of amides is 2. The molecule has 6 heteroatoms. The molecule has 3 rings (SSSR count). The van der Waals surface area contributed by atoms with Gasteiger partial charge in [-0.25, -0.2) is 0 Å². The largest absolute Gasteiger partial charge is 0.352 e. The van der Waals surface area contributed by atoms with Crippen LogP contribution in [0.1, 0.15) is 36.1 Å². The molecule has 0 saturated carbocycles. The van der Waals surface area contributed by atoms with Crippen LogP contribution in [0.15, 0.2) is 78.9 Å². The highest BCUT2D eigenvalue weighted by molar-refractivity contribution is 7.99. The summed E-state index contributed by atoms with van der Waals surface area (Å²) in [6, 6.07) is 24.9. The van der Waals surface area contributed by atoms with Crippen LogP contribution in [0.4, 0.5) is 0 Å². The summed E-state index contributed by atoms with van der Waals surface area (Å²) >= 11 is 8.02. The van der Waals surface area contributed by atoms with Crippen LogP contribution in [0.5, 0.6) is 0 Å². The van der Waals surface area contributed by atoms with Crippen molar-refractivity contribution < 1.29 is 9.59 Å². The average Bonchev–Trinajstić information content (AvgIpc) is 2.82. The van der Waals surface area contributed by atoms with Crippen molar-refractivity contribution in [3.63, 3.8) is 0 Å². The molecule has 0 saturated heterocycles. The minimum atomic E-state index is -0.650. The van der Waals surface area contributed by atoms with Gasteiger partial charge in [0.2, 0.25) is 11.8 Å². The van der Waals surface area contributed by atoms with Crippen molar-refractivity contribution in [1.29, 1.82) is 0 Å². The second-order valence-electron chi connectivity index (χ2n) is 8.96. The fraction of sp³-hybridized carbons (Fsp3) is 0.310. The van der Waals surface area contributed by atoms with E-state index in [2.05, 4.69) is 30.4 Å². The van der Waals surface area contributed by atoms with Gasteiger partial charge in [0.05, 0.1) is 5.75 Å². The van der Waals surface area contributed by atoms with E-state index in [0.29, 0.717) is 11.4 Å². The molecule has 4 nitrogen and oxygen atoms in total. The van der Waals surface area contributed by atoms with Crippen molar-refractivity contribution in [1.82, 2.24) is 10.2 Å². The Morgan fingerprint density at radius 2 is 1.63 bits per heavy atom. The first-order valence-electron chi connectivity index (χ1n) is 11.8. The lowest BCUT2D eigenvalue weighted by molar-refractivity contribution is -0.139. The fourth-order valence-corrected chi connectivity index (χ4v) is 4.94. The third kappa shape index (κ3) is 8.44. The highest BCUT2D eigenvalue weighted by Gasteiger charge is 2.31. The van der Waals surface area contributed by atoms with Crippen LogP contribution in [0.25, 0.3) is 0 Å². The average molecular weight is 509 g/mol. The van der Waals surface area contributed by atoms with Gasteiger partial charge >= 0.3 is 0 Å². The summed E-state index contributed by atoms with van der Waals surface area (Å²) in [5, 5.41) is 3.60. The molecule has 0 aliphatic rings. The number of rotatable bonds is 11. The number of hydrogen-bond acceptors (Lipinski definition) is 3. The minimum absolute atomic E-state index is 0.0336. The summed E-state index contributed by atoms with van der Waals surface area (Å²) in [6.45, 7) is 6.18. The summed E-state index contributed by atoms with van der Waals surface area (Å²) < 4.78 is 0. The molecule has 35 heavy (non-hydrogen) atoms. The number of carbonyl (C=O) groups excluding carboxylic acids is 2. The highest BCUT2D eigenvalue weighted by atomic mass is 35.5. The van der Waals surface area contributed by atoms with E-state index < -0.39 is 6.04 Å². The molecule has 0 radical (unpaired) electrons. The fourth-order valence-electron chi connectivity index (χ4n) is 3.89. The van der Waals surface area contributed by atoms with Crippen LogP contribution in [-0.4, -0.2) is 34.6 Å². The van der Waals surface area contributed by atoms with Crippen molar-refractivity contribution in [3.05, 3.63) is 106 Å². The summed E-state index contributed by atoms with van der Waals surface area (Å²) in [5.74, 6) is 0.767. The predicted octanol–water partition coefficient (Wildman–Crippen LogP) is 6.05. The van der Waals surface area contributed by atoms with Crippen molar-refractivity contribution in [2.24, 2.45) is 0 Å². The SMILES string of the molecule is Cc1cccc(CSCC(=O)N(Cc2ccccc2Cl)[C@@H](Cc2ccccc2)C(=O)NC(C)C)c1. The van der Waals surface area contributed by atoms with E-state index in [1.807, 2.05) is 74.5 Å². The molecule has 1 atom stereocenters. The number of carbonyl (C=O) groups is 2. The van der Waals surface area contributed by atoms with Crippen LogP contribution in [-0.2, 0) is 28.3 Å². The summed E-state index contributed by atoms with van der Waals surface area (Å²) in [7, 11) is 0. The Labute approximate surface area is 218 Å². The van der Waals surface area contributed by atoms with Gasteiger partial charge in [-0.1, -0.05) is 90.0 Å². The maximum atomic E-state index is 13.6. The Morgan fingerprint density at radius 3 is 2.31 bits per heavy atom. The molecule has 0 aromatic heterocycles. The van der Waals surface area contributed by atoms with E-state index in [-0.39, 0.29) is 30.2 Å². The summed E-state index contributed by atoms with van der Waals surface area (Å²) in [4.78, 5) is 28.7. The second-order valence-corrected chi connectivity index (χ2v) is 10.4. The van der Waals surface area contributed by atoms with Gasteiger partial charge in [-0.2, -0.15) is 0 Å². The first kappa shape index (κ1) is 26.8. The molecule has 0 fully saturated rings. The molecule has 0 aliphatic heterocycles. The van der Waals surface area contributed by atoms with Gasteiger partial charge in [0.15, 0.2) is 0 Å². The molecule has 2 amide bonds. The molecular formula is C29H33ClN2O2S. The molecule has 0 bridgehead atoms. The van der Waals surface area contributed by atoms with E-state index in [0.717, 1.165) is 16.9 Å². The van der Waals surface area contributed by atoms with Crippen LogP contribution in [0.2, 0.25) is 5.02 Å². The first-order valence-corrected chi connectivity index (χ1v) is 13.4. The van der Waals surface area contributed by atoms with Gasteiger partial charge in [0, 0.05) is 29.8 Å². The maximum absolute atomic E-state index is 13.6. The van der Waals surface area contributed by atoms with Crippen LogP contribution in [0, 0.1) is 6.92 Å². The van der Waals surface area contributed by atoms with Gasteiger partial charge in [-0.3, -0.25) is 9.59 Å². The summed E-state index contributed by atoms with van der Waals surface area (Å²) in [5.41, 5.74) is 4.20. The highest BCUT2D eigenvalue weighted by Crippen LogP contribution is 2.22. The van der Waals surface area contributed by atoms with Crippen molar-refractivity contribution in [2.45, 2.75) is 51.6 Å². The van der Waals surface area contributed by atoms with Gasteiger partial charge < -0.3 is 10.2 Å². The normalized spacial score (nSPS) is 11.8. The van der Waals surface area contributed by atoms with Crippen LogP contribution >= 0.6 is 23.4 Å². The lowest BCUT2D eigenvalue weighted by Gasteiger charge is -2.32. The van der Waals surface area contributed by atoms with E-state index in [1.54, 1.807) is 16.7 Å². The van der Waals surface area contributed by atoms with Gasteiger partial charge in [-0.15, -0.1) is 11.8 Å². The number of hydrogen-bond donors (Lipinski definition) is 1. The molecular weight excluding hydrogens is 476 g/mol. The van der Waals surface area contributed by atoms with E-state index in [9.17, 15) is 9.59 Å². The molecule has 0 heterocycles. The van der Waals surface area contributed by atoms with Gasteiger partial charge in [0.1, 0.15) is 6.04 Å². The smallest absolute Gasteiger partial charge is 0.243 e. The van der Waals surface area contributed by atoms with Crippen LogP contribution in [0.3, 0.4) is 0 Å². The molecule has 1 N–H and O–H groups in total. The Hall–Kier alpha value is -2.76. The van der Waals surface area contributed by atoms with Crippen molar-refractivity contribution in [3.8, 4) is 0 Å². The van der Waals surface area contributed by atoms with Gasteiger partial charge in [0.25, 0.3) is 0 Å². The third-order valence-corrected chi connectivity index (χ3v) is 6.93. The lowest BCUT2D eigenvalue weighted by Crippen LogP contribution is -2.52. The number of nitrogens with one attached hydrogen (secondary N) is 1. The standard InChI is InChI=1S/C29H33ClN2O2S/c1-21(2)31-29(34)27(17-23-11-5-4-6-12-23)32(18-25-14-7-8-15-26(25)30)28(33)20-35-19-24-13-9-10-22(3)16-24/h4-16,21,27H,17-20H2,1-3H3,(H,31,34)/t27-/m0/s1. The van der Waals surface area contributed by atoms with Crippen molar-refractivity contribution in [2.75, 3.05) is 5.75 Å². The lowest BCUT2D eigenvalue weighted by atomic mass is 10.0. The maximum Gasteiger partial charge on any atom is 0.243 e. The minimum Gasteiger partial charge on any atom is -0.352 e. The van der Waals surface area contributed by atoms with Crippen LogP contribution < -0.4 is 5.32 Å². The number of benzene rings is 3. The van der Waals surface area contributed by atoms with E-state index in [1.165, 1.54) is 11.1 Å². The molecule has 3 aromatic carbocycles. The number of nitrogens with zero attached hydrogens (tertiary/aromatic N) is 1. The summed E-state index contributed by atoms with van der Waals surface area (Å²) in [6.07, 6.45) is 0.429. The quantitative estimate of drug-likeness (QED) is 0.343. The number of aryl methyl sites for hydroxylation is 1. The topological polar surface area (TPSA) is 49.4 Å². The zero-order valence-electron chi connectivity index (χ0n) is 20.5. The Balaban J connectivity index is 1.85. The van der Waals surface area contributed by atoms with E-state index >= 15 is 0 Å². The first-order chi connectivity index (χ1) is 16.8. The molecule has 0 unspecified atom stereocenters. The molecule has 0 aliphatic carbocycles. The Bertz CT molecular complexity index is 1120. The van der Waals surface area contributed by atoms with Crippen molar-refractivity contribution >= 4 is 35.2 Å². The Kier molecular flexibility index (Phi) is 10.2. The second kappa shape index (κ2) is 13.4. The predicted molar refractivity (Wildman–Crippen MR) is 147 cm³/mol. The zero-order valence-corrected chi connectivity index (χ0v) is 22.1. The van der Waals surface area contributed by atoms with Gasteiger partial charge in [-0.05, 0) is 43.5 Å². The molecule has 0 spiro atoms. The molecule has 184 valence electrons. The Morgan fingerprint density at radius 1 is 0.943 bits per heavy atom. The third-order valence-electron chi connectivity index (χ3n) is 5.58.